The van der Waals surface area contributed by atoms with Crippen molar-refractivity contribution in [1.82, 2.24) is 15.3 Å². The molecular formula is C21H25N3O5S. The fourth-order valence-electron chi connectivity index (χ4n) is 3.20. The number of esters is 2. The first-order chi connectivity index (χ1) is 14.4. The fourth-order valence-corrected chi connectivity index (χ4v) is 4.41. The van der Waals surface area contributed by atoms with Crippen LogP contribution in [0.2, 0.25) is 0 Å². The van der Waals surface area contributed by atoms with Crippen molar-refractivity contribution < 1.29 is 23.9 Å². The Balaban J connectivity index is 1.52. The average Bonchev–Trinajstić information content (AvgIpc) is 3.05. The summed E-state index contributed by atoms with van der Waals surface area (Å²) in [6.45, 7) is 7.07. The Morgan fingerprint density at radius 3 is 2.60 bits per heavy atom. The minimum atomic E-state index is -0.521. The van der Waals surface area contributed by atoms with Gasteiger partial charge in [-0.1, -0.05) is 0 Å². The number of ether oxygens (including phenoxy) is 2. The van der Waals surface area contributed by atoms with Crippen LogP contribution in [0.1, 0.15) is 51.6 Å². The molecule has 0 fully saturated rings. The number of hydrogen-bond acceptors (Lipinski definition) is 9. The molecule has 0 aliphatic carbocycles. The van der Waals surface area contributed by atoms with Crippen molar-refractivity contribution in [3.63, 3.8) is 0 Å². The van der Waals surface area contributed by atoms with Gasteiger partial charge in [0.25, 0.3) is 0 Å². The van der Waals surface area contributed by atoms with Crippen molar-refractivity contribution in [2.75, 3.05) is 6.54 Å². The number of carbonyl (C=O) groups is 3. The van der Waals surface area contributed by atoms with Gasteiger partial charge in [0.2, 0.25) is 0 Å². The molecule has 0 aromatic carbocycles. The van der Waals surface area contributed by atoms with Crippen LogP contribution in [0.3, 0.4) is 0 Å². The molecule has 2 aromatic heterocycles. The summed E-state index contributed by atoms with van der Waals surface area (Å²) in [5.41, 5.74) is 4.75. The molecule has 8 nitrogen and oxygen atoms in total. The Hall–Kier alpha value is -2.65. The number of nitrogens with zero attached hydrogens (tertiary/aromatic N) is 2. The van der Waals surface area contributed by atoms with Gasteiger partial charge in [0.15, 0.2) is 5.06 Å². The smallest absolute Gasteiger partial charge is 0.312 e. The van der Waals surface area contributed by atoms with Crippen LogP contribution >= 0.6 is 11.3 Å². The predicted molar refractivity (Wildman–Crippen MR) is 110 cm³/mol. The third-order valence-electron chi connectivity index (χ3n) is 4.97. The van der Waals surface area contributed by atoms with Crippen LogP contribution in [0.25, 0.3) is 0 Å². The van der Waals surface area contributed by atoms with Crippen LogP contribution < -0.4 is 10.1 Å². The van der Waals surface area contributed by atoms with E-state index < -0.39 is 11.9 Å². The molecule has 9 heteroatoms. The van der Waals surface area contributed by atoms with E-state index in [1.165, 1.54) is 11.3 Å². The highest BCUT2D eigenvalue weighted by molar-refractivity contribution is 7.14. The normalized spacial score (nSPS) is 12.9. The average molecular weight is 432 g/mol. The van der Waals surface area contributed by atoms with Gasteiger partial charge < -0.3 is 19.6 Å². The lowest BCUT2D eigenvalue weighted by Gasteiger charge is -2.13. The number of hydrogen-bond donors (Lipinski definition) is 1. The summed E-state index contributed by atoms with van der Waals surface area (Å²) in [7, 11) is 0. The molecule has 3 heterocycles. The first-order valence-corrected chi connectivity index (χ1v) is 10.7. The van der Waals surface area contributed by atoms with Gasteiger partial charge in [0.1, 0.15) is 12.9 Å². The maximum absolute atomic E-state index is 12.2. The molecule has 0 spiro atoms. The van der Waals surface area contributed by atoms with Crippen molar-refractivity contribution >= 4 is 29.6 Å². The van der Waals surface area contributed by atoms with Gasteiger partial charge in [-0.05, 0) is 32.8 Å². The van der Waals surface area contributed by atoms with Gasteiger partial charge in [0.05, 0.1) is 35.6 Å². The second-order valence-corrected chi connectivity index (χ2v) is 8.20. The third kappa shape index (κ3) is 5.28. The Labute approximate surface area is 179 Å². The van der Waals surface area contributed by atoms with Crippen LogP contribution in [0.5, 0.6) is 5.06 Å². The number of aromatic nitrogens is 2. The predicted octanol–water partition coefficient (Wildman–Crippen LogP) is 2.28. The summed E-state index contributed by atoms with van der Waals surface area (Å²) < 4.78 is 10.7. The highest BCUT2D eigenvalue weighted by Gasteiger charge is 2.23. The van der Waals surface area contributed by atoms with E-state index in [1.807, 2.05) is 20.8 Å². The molecule has 0 atom stereocenters. The quantitative estimate of drug-likeness (QED) is 0.501. The van der Waals surface area contributed by atoms with Crippen LogP contribution in [-0.2, 0) is 45.1 Å². The Morgan fingerprint density at radius 2 is 1.83 bits per heavy atom. The molecule has 0 radical (unpaired) electrons. The molecule has 1 aliphatic rings. The number of fused-ring (bicyclic) bond motifs is 1. The van der Waals surface area contributed by atoms with Crippen molar-refractivity contribution in [1.29, 1.82) is 0 Å². The maximum atomic E-state index is 12.2. The summed E-state index contributed by atoms with van der Waals surface area (Å²) in [5, 5.41) is 3.72. The number of aryl methyl sites for hydroxylation is 3. The molecule has 3 rings (SSSR count). The SMILES string of the molecule is Cc1nc(C)c(COC(=O)CCC(=O)Oc2sc3c(c2CC=O)CNCC3)nc1C. The van der Waals surface area contributed by atoms with Crippen molar-refractivity contribution in [3.05, 3.63) is 38.8 Å². The largest absolute Gasteiger partial charge is 0.459 e. The minimum Gasteiger partial charge on any atom is -0.459 e. The van der Waals surface area contributed by atoms with Gasteiger partial charge in [0, 0.05) is 30.0 Å². The van der Waals surface area contributed by atoms with E-state index in [0.717, 1.165) is 46.6 Å². The highest BCUT2D eigenvalue weighted by Crippen LogP contribution is 2.37. The van der Waals surface area contributed by atoms with Crippen LogP contribution in [-0.4, -0.2) is 34.7 Å². The minimum absolute atomic E-state index is 0.0158. The topological polar surface area (TPSA) is 107 Å². The molecule has 0 saturated heterocycles. The molecule has 1 N–H and O–H groups in total. The summed E-state index contributed by atoms with van der Waals surface area (Å²) >= 11 is 1.40. The number of thiophene rings is 1. The molecule has 0 bridgehead atoms. The lowest BCUT2D eigenvalue weighted by Crippen LogP contribution is -2.23. The maximum Gasteiger partial charge on any atom is 0.312 e. The van der Waals surface area contributed by atoms with E-state index in [2.05, 4.69) is 15.3 Å². The lowest BCUT2D eigenvalue weighted by atomic mass is 10.0. The zero-order valence-electron chi connectivity index (χ0n) is 17.4. The molecule has 30 heavy (non-hydrogen) atoms. The molecular weight excluding hydrogens is 406 g/mol. The molecule has 1 aliphatic heterocycles. The van der Waals surface area contributed by atoms with Crippen molar-refractivity contribution in [2.45, 2.75) is 59.6 Å². The number of aldehydes is 1. The number of carbonyl (C=O) groups excluding carboxylic acids is 3. The molecule has 0 saturated carbocycles. The zero-order valence-corrected chi connectivity index (χ0v) is 18.2. The Kier molecular flexibility index (Phi) is 7.28. The van der Waals surface area contributed by atoms with E-state index in [9.17, 15) is 14.4 Å². The second kappa shape index (κ2) is 9.90. The Morgan fingerprint density at radius 1 is 1.10 bits per heavy atom. The van der Waals surface area contributed by atoms with Gasteiger partial charge >= 0.3 is 11.9 Å². The van der Waals surface area contributed by atoms with Gasteiger partial charge in [-0.15, -0.1) is 11.3 Å². The van der Waals surface area contributed by atoms with E-state index in [1.54, 1.807) is 0 Å². The summed E-state index contributed by atoms with van der Waals surface area (Å²) in [6.07, 6.45) is 1.66. The first-order valence-electron chi connectivity index (χ1n) is 9.83. The Bertz CT molecular complexity index is 970. The molecule has 0 unspecified atom stereocenters. The summed E-state index contributed by atoms with van der Waals surface area (Å²) in [4.78, 5) is 45.2. The van der Waals surface area contributed by atoms with Crippen LogP contribution in [0, 0.1) is 20.8 Å². The van der Waals surface area contributed by atoms with Crippen LogP contribution in [0.4, 0.5) is 0 Å². The van der Waals surface area contributed by atoms with Gasteiger partial charge in [-0.2, -0.15) is 0 Å². The van der Waals surface area contributed by atoms with Gasteiger partial charge in [-0.3, -0.25) is 19.6 Å². The number of nitrogens with one attached hydrogen (secondary N) is 1. The van der Waals surface area contributed by atoms with Crippen molar-refractivity contribution in [3.8, 4) is 5.06 Å². The van der Waals surface area contributed by atoms with E-state index in [4.69, 9.17) is 9.47 Å². The first kappa shape index (κ1) is 22.0. The lowest BCUT2D eigenvalue weighted by molar-refractivity contribution is -0.148. The monoisotopic (exact) mass is 431 g/mol. The highest BCUT2D eigenvalue weighted by atomic mass is 32.1. The second-order valence-electron chi connectivity index (χ2n) is 7.13. The van der Waals surface area contributed by atoms with E-state index in [0.29, 0.717) is 23.0 Å². The van der Waals surface area contributed by atoms with E-state index in [-0.39, 0.29) is 25.9 Å². The van der Waals surface area contributed by atoms with Crippen molar-refractivity contribution in [2.24, 2.45) is 0 Å². The third-order valence-corrected chi connectivity index (χ3v) is 6.18. The zero-order chi connectivity index (χ0) is 21.7. The molecule has 160 valence electrons. The fraction of sp³-hybridized carbons (Fsp3) is 0.476. The standard InChI is InChI=1S/C21H25N3O5S/c1-12-13(2)24-17(14(3)23-12)11-28-19(26)4-5-20(27)29-21-15(7-9-25)16-10-22-8-6-18(16)30-21/h9,22H,4-8,10-11H2,1-3H3. The molecule has 0 amide bonds. The van der Waals surface area contributed by atoms with Crippen LogP contribution in [0.15, 0.2) is 0 Å². The van der Waals surface area contributed by atoms with E-state index >= 15 is 0 Å². The van der Waals surface area contributed by atoms with Gasteiger partial charge in [-0.25, -0.2) is 0 Å². The number of rotatable bonds is 8. The summed E-state index contributed by atoms with van der Waals surface area (Å²) in [6, 6.07) is 0. The summed E-state index contributed by atoms with van der Waals surface area (Å²) in [5.74, 6) is -1.03. The molecule has 2 aromatic rings.